The highest BCUT2D eigenvalue weighted by atomic mass is 16.6. The van der Waals surface area contributed by atoms with E-state index < -0.39 is 11.6 Å². The SMILES string of the molecule is CC(C)=CCC1=CC(O)(C(=O)OC2CC3CCC(C2)N3C)CCC1=O. The number of hydrogen-bond donors (Lipinski definition) is 1. The standard InChI is InChI=1S/C20H29NO4/c1-13(2)4-5-14-12-20(24,9-8-18(14)22)19(23)25-17-10-15-6-7-16(11-17)21(15)3/h4,12,15-17,24H,5-11H2,1-3H3. The van der Waals surface area contributed by atoms with Gasteiger partial charge in [0.1, 0.15) is 6.10 Å². The molecular weight excluding hydrogens is 318 g/mol. The van der Waals surface area contributed by atoms with E-state index in [1.807, 2.05) is 19.9 Å². The zero-order valence-corrected chi connectivity index (χ0v) is 15.5. The van der Waals surface area contributed by atoms with E-state index in [9.17, 15) is 14.7 Å². The van der Waals surface area contributed by atoms with E-state index in [0.717, 1.165) is 31.3 Å². The molecule has 2 aliphatic heterocycles. The Hall–Kier alpha value is -1.46. The molecule has 0 spiro atoms. The van der Waals surface area contributed by atoms with Gasteiger partial charge in [-0.1, -0.05) is 11.6 Å². The van der Waals surface area contributed by atoms with Crippen LogP contribution >= 0.6 is 0 Å². The number of rotatable bonds is 4. The minimum absolute atomic E-state index is 0.00677. The lowest BCUT2D eigenvalue weighted by atomic mass is 9.84. The van der Waals surface area contributed by atoms with Crippen molar-refractivity contribution in [1.29, 1.82) is 0 Å². The minimum Gasteiger partial charge on any atom is -0.460 e. The average Bonchev–Trinajstić information content (AvgIpc) is 2.77. The number of fused-ring (bicyclic) bond motifs is 2. The van der Waals surface area contributed by atoms with Gasteiger partial charge in [-0.05, 0) is 71.1 Å². The van der Waals surface area contributed by atoms with E-state index >= 15 is 0 Å². The smallest absolute Gasteiger partial charge is 0.342 e. The van der Waals surface area contributed by atoms with Crippen molar-refractivity contribution >= 4 is 11.8 Å². The lowest BCUT2D eigenvalue weighted by molar-refractivity contribution is -0.170. The number of ketones is 1. The maximum absolute atomic E-state index is 12.6. The van der Waals surface area contributed by atoms with Crippen LogP contribution in [0.1, 0.15) is 58.8 Å². The van der Waals surface area contributed by atoms with Gasteiger partial charge in [0, 0.05) is 18.5 Å². The van der Waals surface area contributed by atoms with Crippen molar-refractivity contribution in [1.82, 2.24) is 4.90 Å². The molecule has 2 heterocycles. The molecule has 0 saturated carbocycles. The fourth-order valence-corrected chi connectivity index (χ4v) is 4.26. The third-order valence-corrected chi connectivity index (χ3v) is 5.92. The zero-order chi connectivity index (χ0) is 18.2. The molecule has 138 valence electrons. The molecule has 5 nitrogen and oxygen atoms in total. The van der Waals surface area contributed by atoms with Crippen LogP contribution in [0, 0.1) is 0 Å². The highest BCUT2D eigenvalue weighted by Gasteiger charge is 2.44. The molecule has 0 aromatic carbocycles. The first-order chi connectivity index (χ1) is 11.8. The quantitative estimate of drug-likeness (QED) is 0.625. The molecule has 1 aliphatic carbocycles. The first-order valence-corrected chi connectivity index (χ1v) is 9.32. The van der Waals surface area contributed by atoms with E-state index in [2.05, 4.69) is 11.9 Å². The summed E-state index contributed by atoms with van der Waals surface area (Å²) in [5, 5.41) is 10.8. The average molecular weight is 347 g/mol. The Labute approximate surface area is 149 Å². The van der Waals surface area contributed by atoms with E-state index in [1.54, 1.807) is 0 Å². The van der Waals surface area contributed by atoms with Crippen LogP contribution < -0.4 is 0 Å². The molecule has 2 fully saturated rings. The van der Waals surface area contributed by atoms with Crippen molar-refractivity contribution < 1.29 is 19.4 Å². The number of allylic oxidation sites excluding steroid dienone is 3. The first-order valence-electron chi connectivity index (χ1n) is 9.32. The second-order valence-electron chi connectivity index (χ2n) is 8.05. The summed E-state index contributed by atoms with van der Waals surface area (Å²) in [5.74, 6) is -0.587. The number of hydrogen-bond acceptors (Lipinski definition) is 5. The molecule has 0 amide bonds. The molecule has 25 heavy (non-hydrogen) atoms. The van der Waals surface area contributed by atoms with Crippen LogP contribution in [0.2, 0.25) is 0 Å². The Balaban J connectivity index is 1.68. The second kappa shape index (κ2) is 7.04. The van der Waals surface area contributed by atoms with Gasteiger partial charge in [0.2, 0.25) is 0 Å². The highest BCUT2D eigenvalue weighted by molar-refractivity contribution is 5.99. The van der Waals surface area contributed by atoms with Gasteiger partial charge in [-0.3, -0.25) is 4.79 Å². The van der Waals surface area contributed by atoms with Crippen LogP contribution in [0.5, 0.6) is 0 Å². The number of carbonyl (C=O) groups is 2. The van der Waals surface area contributed by atoms with Crippen LogP contribution in [-0.2, 0) is 14.3 Å². The zero-order valence-electron chi connectivity index (χ0n) is 15.5. The topological polar surface area (TPSA) is 66.8 Å². The van der Waals surface area contributed by atoms with E-state index in [-0.39, 0.29) is 24.7 Å². The van der Waals surface area contributed by atoms with E-state index in [4.69, 9.17) is 4.74 Å². The molecular formula is C20H29NO4. The van der Waals surface area contributed by atoms with Crippen LogP contribution in [0.25, 0.3) is 0 Å². The van der Waals surface area contributed by atoms with Crippen molar-refractivity contribution in [3.05, 3.63) is 23.3 Å². The summed E-state index contributed by atoms with van der Waals surface area (Å²) in [7, 11) is 2.14. The summed E-state index contributed by atoms with van der Waals surface area (Å²) in [5.41, 5.74) is -0.0521. The predicted octanol–water partition coefficient (Wildman–Crippen LogP) is 2.53. The summed E-state index contributed by atoms with van der Waals surface area (Å²) >= 11 is 0. The van der Waals surface area contributed by atoms with Crippen LogP contribution in [-0.4, -0.2) is 52.6 Å². The molecule has 0 aromatic rings. The van der Waals surface area contributed by atoms with Gasteiger partial charge in [0.25, 0.3) is 0 Å². The molecule has 3 aliphatic rings. The Morgan fingerprint density at radius 3 is 2.60 bits per heavy atom. The summed E-state index contributed by atoms with van der Waals surface area (Å²) in [6.07, 6.45) is 7.98. The van der Waals surface area contributed by atoms with Gasteiger partial charge in [-0.15, -0.1) is 0 Å². The second-order valence-corrected chi connectivity index (χ2v) is 8.05. The number of piperidine rings is 1. The third-order valence-electron chi connectivity index (χ3n) is 5.92. The maximum Gasteiger partial charge on any atom is 0.342 e. The molecule has 3 unspecified atom stereocenters. The van der Waals surface area contributed by atoms with E-state index in [1.165, 1.54) is 6.08 Å². The third kappa shape index (κ3) is 3.87. The monoisotopic (exact) mass is 347 g/mol. The largest absolute Gasteiger partial charge is 0.460 e. The Kier molecular flexibility index (Phi) is 5.16. The van der Waals surface area contributed by atoms with Crippen molar-refractivity contribution in [3.63, 3.8) is 0 Å². The summed E-state index contributed by atoms with van der Waals surface area (Å²) in [6, 6.07) is 0.950. The maximum atomic E-state index is 12.6. The molecule has 5 heteroatoms. The summed E-state index contributed by atoms with van der Waals surface area (Å²) < 4.78 is 5.69. The molecule has 0 aromatic heterocycles. The van der Waals surface area contributed by atoms with Gasteiger partial charge in [0.05, 0.1) is 0 Å². The molecule has 2 bridgehead atoms. The van der Waals surface area contributed by atoms with Crippen molar-refractivity contribution in [2.45, 2.75) is 82.6 Å². The highest BCUT2D eigenvalue weighted by Crippen LogP contribution is 2.36. The number of carbonyl (C=O) groups excluding carboxylic acids is 2. The molecule has 1 N–H and O–H groups in total. The van der Waals surface area contributed by atoms with Gasteiger partial charge in [-0.25, -0.2) is 4.79 Å². The minimum atomic E-state index is -1.67. The van der Waals surface area contributed by atoms with Crippen molar-refractivity contribution in [3.8, 4) is 0 Å². The number of esters is 1. The lowest BCUT2D eigenvalue weighted by Crippen LogP contribution is -2.47. The summed E-state index contributed by atoms with van der Waals surface area (Å²) in [4.78, 5) is 27.1. The van der Waals surface area contributed by atoms with Crippen LogP contribution in [0.15, 0.2) is 23.3 Å². The fraction of sp³-hybridized carbons (Fsp3) is 0.700. The first kappa shape index (κ1) is 18.3. The molecule has 2 saturated heterocycles. The Bertz CT molecular complexity index is 605. The predicted molar refractivity (Wildman–Crippen MR) is 95.0 cm³/mol. The van der Waals surface area contributed by atoms with Crippen LogP contribution in [0.4, 0.5) is 0 Å². The van der Waals surface area contributed by atoms with Gasteiger partial charge in [-0.2, -0.15) is 0 Å². The van der Waals surface area contributed by atoms with Crippen molar-refractivity contribution in [2.24, 2.45) is 0 Å². The normalized spacial score (nSPS) is 35.3. The number of ether oxygens (including phenoxy) is 1. The fourth-order valence-electron chi connectivity index (χ4n) is 4.26. The van der Waals surface area contributed by atoms with Gasteiger partial charge in [0.15, 0.2) is 11.4 Å². The van der Waals surface area contributed by atoms with Gasteiger partial charge < -0.3 is 14.7 Å². The van der Waals surface area contributed by atoms with E-state index in [0.29, 0.717) is 24.1 Å². The number of aliphatic hydroxyl groups is 1. The lowest BCUT2D eigenvalue weighted by Gasteiger charge is -2.37. The summed E-state index contributed by atoms with van der Waals surface area (Å²) in [6.45, 7) is 3.92. The Morgan fingerprint density at radius 1 is 1.36 bits per heavy atom. The molecule has 3 rings (SSSR count). The molecule has 3 atom stereocenters. The Morgan fingerprint density at radius 2 is 2.00 bits per heavy atom. The van der Waals surface area contributed by atoms with Crippen LogP contribution in [0.3, 0.4) is 0 Å². The number of nitrogens with zero attached hydrogens (tertiary/aromatic N) is 1. The van der Waals surface area contributed by atoms with Crippen molar-refractivity contribution in [2.75, 3.05) is 7.05 Å². The molecule has 0 radical (unpaired) electrons. The number of Topliss-reactive ketones (excluding diaryl/α,β-unsaturated/α-hetero) is 1. The van der Waals surface area contributed by atoms with Gasteiger partial charge >= 0.3 is 5.97 Å².